The van der Waals surface area contributed by atoms with Gasteiger partial charge in [0.1, 0.15) is 6.54 Å². The third-order valence-corrected chi connectivity index (χ3v) is 11.2. The topological polar surface area (TPSA) is 118 Å². The Balaban J connectivity index is 1.52. The summed E-state index contributed by atoms with van der Waals surface area (Å²) in [6.07, 6.45) is 0.694. The monoisotopic (exact) mass is 671 g/mol. The van der Waals surface area contributed by atoms with Crippen molar-refractivity contribution in [2.24, 2.45) is 23.7 Å². The lowest BCUT2D eigenvalue weighted by molar-refractivity contribution is -0.384. The normalized spacial score (nSPS) is 27.9. The Hall–Kier alpha value is -2.34. The van der Waals surface area contributed by atoms with E-state index in [-0.39, 0.29) is 48.3 Å². The number of non-ortho nitro benzene ring substituents is 1. The number of carbonyl (C=O) groups is 4. The lowest BCUT2D eigenvalue weighted by Crippen LogP contribution is -2.52. The van der Waals surface area contributed by atoms with Gasteiger partial charge < -0.3 is 0 Å². The Morgan fingerprint density at radius 1 is 0.973 bits per heavy atom. The molecule has 192 valence electrons. The minimum atomic E-state index is -0.808. The van der Waals surface area contributed by atoms with Crippen molar-refractivity contribution in [3.8, 4) is 0 Å². The number of amides is 3. The molecule has 9 nitrogen and oxygen atoms in total. The van der Waals surface area contributed by atoms with Gasteiger partial charge in [-0.3, -0.25) is 29.3 Å². The molecule has 1 heterocycles. The highest BCUT2D eigenvalue weighted by Crippen LogP contribution is 2.60. The van der Waals surface area contributed by atoms with Crippen LogP contribution in [0.4, 0.5) is 5.69 Å². The Morgan fingerprint density at radius 3 is 2.16 bits per heavy atom. The highest BCUT2D eigenvalue weighted by molar-refractivity contribution is 9.12. The zero-order valence-corrected chi connectivity index (χ0v) is 23.4. The molecule has 2 aromatic rings. The van der Waals surface area contributed by atoms with Crippen LogP contribution in [0.3, 0.4) is 0 Å². The fourth-order valence-corrected chi connectivity index (χ4v) is 7.77. The van der Waals surface area contributed by atoms with Crippen LogP contribution in [0.5, 0.6) is 0 Å². The molecule has 3 amide bonds. The summed E-state index contributed by atoms with van der Waals surface area (Å²) in [6, 6.07) is 9.08. The van der Waals surface area contributed by atoms with Crippen molar-refractivity contribution in [2.75, 3.05) is 6.54 Å². The summed E-state index contributed by atoms with van der Waals surface area (Å²) in [5.41, 5.74) is -0.334. The van der Waals surface area contributed by atoms with Crippen LogP contribution < -0.4 is 0 Å². The van der Waals surface area contributed by atoms with E-state index in [1.54, 1.807) is 0 Å². The van der Waals surface area contributed by atoms with E-state index in [9.17, 15) is 29.3 Å². The second kappa shape index (κ2) is 9.76. The Labute approximate surface area is 237 Å². The predicted molar refractivity (Wildman–Crippen MR) is 141 cm³/mol. The molecule has 2 bridgehead atoms. The number of imide groups is 1. The summed E-state index contributed by atoms with van der Waals surface area (Å²) in [5.74, 6) is -4.03. The van der Waals surface area contributed by atoms with Gasteiger partial charge in [0.05, 0.1) is 26.8 Å². The number of hydrogen-bond acceptors (Lipinski definition) is 6. The second-order valence-corrected chi connectivity index (χ2v) is 12.1. The van der Waals surface area contributed by atoms with Gasteiger partial charge in [-0.25, -0.2) is 5.01 Å². The van der Waals surface area contributed by atoms with E-state index >= 15 is 0 Å². The number of carbonyl (C=O) groups excluding carboxylic acids is 4. The highest BCUT2D eigenvalue weighted by atomic mass is 79.9. The molecule has 37 heavy (non-hydrogen) atoms. The van der Waals surface area contributed by atoms with Crippen molar-refractivity contribution in [3.05, 3.63) is 73.8 Å². The van der Waals surface area contributed by atoms with E-state index < -0.39 is 46.8 Å². The number of nitro groups is 1. The van der Waals surface area contributed by atoms with Gasteiger partial charge in [-0.2, -0.15) is 5.01 Å². The van der Waals surface area contributed by atoms with Gasteiger partial charge in [0.25, 0.3) is 23.4 Å². The maximum atomic E-state index is 13.7. The summed E-state index contributed by atoms with van der Waals surface area (Å²) >= 11 is 19.3. The average Bonchev–Trinajstić information content (AvgIpc) is 3.48. The zero-order valence-electron chi connectivity index (χ0n) is 18.7. The van der Waals surface area contributed by atoms with Gasteiger partial charge in [0, 0.05) is 32.9 Å². The fraction of sp³-hybridized carbons (Fsp3) is 0.333. The summed E-state index contributed by atoms with van der Waals surface area (Å²) in [6.45, 7) is -0.692. The number of alkyl halides is 2. The van der Waals surface area contributed by atoms with Crippen molar-refractivity contribution >= 4 is 84.3 Å². The average molecular weight is 674 g/mol. The second-order valence-electron chi connectivity index (χ2n) is 9.21. The minimum Gasteiger partial charge on any atom is -0.292 e. The molecule has 3 aliphatic rings. The van der Waals surface area contributed by atoms with Crippen LogP contribution in [-0.2, 0) is 9.59 Å². The maximum absolute atomic E-state index is 13.7. The molecular formula is C24H17Br2Cl2N3O6. The first-order chi connectivity index (χ1) is 17.5. The van der Waals surface area contributed by atoms with Gasteiger partial charge in [0.2, 0.25) is 0 Å². The molecule has 0 spiro atoms. The number of nitro benzene ring substituents is 1. The van der Waals surface area contributed by atoms with E-state index in [4.69, 9.17) is 23.2 Å². The van der Waals surface area contributed by atoms with Gasteiger partial charge in [-0.05, 0) is 36.5 Å². The number of Topliss-reactive ketones (excluding diaryl/α,β-unsaturated/α-hetero) is 1. The molecule has 0 radical (unpaired) electrons. The Bertz CT molecular complexity index is 1340. The molecule has 1 aliphatic heterocycles. The fourth-order valence-electron chi connectivity index (χ4n) is 5.60. The van der Waals surface area contributed by atoms with Crippen molar-refractivity contribution in [1.82, 2.24) is 10.0 Å². The van der Waals surface area contributed by atoms with Crippen LogP contribution in [0.15, 0.2) is 42.5 Å². The smallest absolute Gasteiger partial charge is 0.273 e. The number of rotatable bonds is 6. The standard InChI is InChI=1S/C24H17Br2Cl2N3O6/c25-20-13-8-14(21(20)26)19-18(13)23(34)30(24(19)35)29(22(33)11-4-5-15(27)16(28)7-11)9-17(32)10-2-1-3-12(6-10)31(36)37/h1-7,13-14,18-21H,8-9H2/t13-,14-,18-,19-,20+,21+/m1/s1. The molecule has 0 aromatic heterocycles. The molecule has 3 fully saturated rings. The van der Waals surface area contributed by atoms with E-state index in [1.165, 1.54) is 36.4 Å². The van der Waals surface area contributed by atoms with Crippen molar-refractivity contribution < 1.29 is 24.1 Å². The maximum Gasteiger partial charge on any atom is 0.273 e. The number of hydrogen-bond donors (Lipinski definition) is 0. The lowest BCUT2D eigenvalue weighted by atomic mass is 9.81. The molecule has 1 saturated heterocycles. The van der Waals surface area contributed by atoms with Crippen LogP contribution in [0.25, 0.3) is 0 Å². The number of hydrazine groups is 1. The van der Waals surface area contributed by atoms with Crippen molar-refractivity contribution in [3.63, 3.8) is 0 Å². The predicted octanol–water partition coefficient (Wildman–Crippen LogP) is 4.92. The van der Waals surface area contributed by atoms with Gasteiger partial charge >= 0.3 is 0 Å². The quantitative estimate of drug-likeness (QED) is 0.141. The van der Waals surface area contributed by atoms with Crippen LogP contribution in [0.2, 0.25) is 10.0 Å². The zero-order chi connectivity index (χ0) is 26.8. The third-order valence-electron chi connectivity index (χ3n) is 7.28. The summed E-state index contributed by atoms with van der Waals surface area (Å²) < 4.78 is 0. The first-order valence-electron chi connectivity index (χ1n) is 11.2. The van der Waals surface area contributed by atoms with E-state index in [1.807, 2.05) is 0 Å². The van der Waals surface area contributed by atoms with Crippen LogP contribution in [0.1, 0.15) is 27.1 Å². The SMILES string of the molecule is O=C(CN(C(=O)c1ccc(Cl)c(Cl)c1)N1C(=O)[C@@H]2[C@H]3C[C@@H]([C@H](Br)[C@H]3Br)[C@H]2C1=O)c1cccc([N+](=O)[O-])c1. The Morgan fingerprint density at radius 2 is 1.59 bits per heavy atom. The molecule has 2 aromatic carbocycles. The van der Waals surface area contributed by atoms with Crippen LogP contribution in [0, 0.1) is 33.8 Å². The first-order valence-corrected chi connectivity index (χ1v) is 13.8. The number of benzene rings is 2. The van der Waals surface area contributed by atoms with Gasteiger partial charge in [-0.15, -0.1) is 0 Å². The number of fused-ring (bicyclic) bond motifs is 5. The van der Waals surface area contributed by atoms with Crippen molar-refractivity contribution in [2.45, 2.75) is 16.1 Å². The number of ketones is 1. The highest BCUT2D eigenvalue weighted by Gasteiger charge is 2.67. The lowest BCUT2D eigenvalue weighted by Gasteiger charge is -2.31. The van der Waals surface area contributed by atoms with Crippen LogP contribution >= 0.6 is 55.1 Å². The largest absolute Gasteiger partial charge is 0.292 e. The van der Waals surface area contributed by atoms with E-state index in [0.717, 1.165) is 16.1 Å². The molecule has 0 unspecified atom stereocenters. The molecule has 6 atom stereocenters. The van der Waals surface area contributed by atoms with E-state index in [0.29, 0.717) is 6.42 Å². The molecule has 2 aliphatic carbocycles. The summed E-state index contributed by atoms with van der Waals surface area (Å²) in [5, 5.41) is 13.0. The summed E-state index contributed by atoms with van der Waals surface area (Å²) in [7, 11) is 0. The van der Waals surface area contributed by atoms with E-state index in [2.05, 4.69) is 31.9 Å². The molecule has 13 heteroatoms. The number of halogens is 4. The van der Waals surface area contributed by atoms with Crippen molar-refractivity contribution in [1.29, 1.82) is 0 Å². The first kappa shape index (κ1) is 26.3. The Kier molecular flexibility index (Phi) is 6.93. The van der Waals surface area contributed by atoms with Gasteiger partial charge in [0.15, 0.2) is 5.78 Å². The molecular weight excluding hydrogens is 657 g/mol. The molecule has 2 saturated carbocycles. The van der Waals surface area contributed by atoms with Crippen LogP contribution in [-0.4, -0.2) is 54.6 Å². The minimum absolute atomic E-state index is 0.0126. The molecule has 5 rings (SSSR count). The summed E-state index contributed by atoms with van der Waals surface area (Å²) in [4.78, 5) is 64.6. The number of nitrogens with zero attached hydrogens (tertiary/aromatic N) is 3. The van der Waals surface area contributed by atoms with Gasteiger partial charge in [-0.1, -0.05) is 67.2 Å². The third kappa shape index (κ3) is 4.29. The molecule has 0 N–H and O–H groups in total.